The highest BCUT2D eigenvalue weighted by atomic mass is 16.5. The Kier molecular flexibility index (Phi) is 4.79. The second kappa shape index (κ2) is 7.17. The van der Waals surface area contributed by atoms with Crippen molar-refractivity contribution in [2.75, 3.05) is 19.0 Å². The molecule has 0 aliphatic heterocycles. The predicted molar refractivity (Wildman–Crippen MR) is 91.0 cm³/mol. The summed E-state index contributed by atoms with van der Waals surface area (Å²) in [5.41, 5.74) is 3.90. The van der Waals surface area contributed by atoms with Gasteiger partial charge in [-0.25, -0.2) is 0 Å². The lowest BCUT2D eigenvalue weighted by molar-refractivity contribution is -0.118. The molecule has 24 heavy (non-hydrogen) atoms. The Morgan fingerprint density at radius 1 is 1.12 bits per heavy atom. The van der Waals surface area contributed by atoms with Crippen molar-refractivity contribution in [3.63, 3.8) is 0 Å². The average molecular weight is 325 g/mol. The predicted octanol–water partition coefficient (Wildman–Crippen LogP) is 3.01. The number of nitrogens with one attached hydrogen (secondary N) is 1. The Morgan fingerprint density at radius 2 is 1.96 bits per heavy atom. The molecule has 0 spiro atoms. The molecule has 0 saturated carbocycles. The number of anilines is 1. The number of hydrogen-bond donors (Lipinski definition) is 1. The monoisotopic (exact) mass is 325 g/mol. The van der Waals surface area contributed by atoms with Crippen LogP contribution in [0.5, 0.6) is 11.5 Å². The van der Waals surface area contributed by atoms with Crippen LogP contribution in [0.15, 0.2) is 36.4 Å². The third kappa shape index (κ3) is 3.56. The van der Waals surface area contributed by atoms with Crippen LogP contribution in [0.4, 0.5) is 5.69 Å². The van der Waals surface area contributed by atoms with Crippen LogP contribution >= 0.6 is 0 Å². The summed E-state index contributed by atoms with van der Waals surface area (Å²) >= 11 is 0. The van der Waals surface area contributed by atoms with Crippen molar-refractivity contribution in [3.05, 3.63) is 53.1 Å². The zero-order valence-corrected chi connectivity index (χ0v) is 13.5. The molecule has 0 atom stereocenters. The zero-order chi connectivity index (χ0) is 16.9. The van der Waals surface area contributed by atoms with Gasteiger partial charge in [-0.05, 0) is 60.7 Å². The molecule has 3 rings (SSSR count). The van der Waals surface area contributed by atoms with Crippen molar-refractivity contribution < 1.29 is 19.1 Å². The SMILES string of the molecule is COc1ccc(C=O)cc1OCC(=O)Nc1ccc2c(c1)CCC2. The minimum atomic E-state index is -0.258. The van der Waals surface area contributed by atoms with Gasteiger partial charge in [-0.3, -0.25) is 9.59 Å². The molecule has 0 heterocycles. The molecule has 0 radical (unpaired) electrons. The number of hydrogen-bond acceptors (Lipinski definition) is 4. The fraction of sp³-hybridized carbons (Fsp3) is 0.263. The molecule has 1 N–H and O–H groups in total. The molecule has 1 amide bonds. The molecule has 0 saturated heterocycles. The minimum Gasteiger partial charge on any atom is -0.493 e. The van der Waals surface area contributed by atoms with E-state index in [-0.39, 0.29) is 12.5 Å². The summed E-state index contributed by atoms with van der Waals surface area (Å²) in [6.45, 7) is -0.157. The Hall–Kier alpha value is -2.82. The van der Waals surface area contributed by atoms with E-state index in [1.807, 2.05) is 12.1 Å². The molecule has 124 valence electrons. The van der Waals surface area contributed by atoms with Crippen LogP contribution in [0.1, 0.15) is 27.9 Å². The quantitative estimate of drug-likeness (QED) is 0.829. The number of rotatable bonds is 6. The third-order valence-corrected chi connectivity index (χ3v) is 4.06. The summed E-state index contributed by atoms with van der Waals surface area (Å²) in [7, 11) is 1.51. The highest BCUT2D eigenvalue weighted by Crippen LogP contribution is 2.28. The number of fused-ring (bicyclic) bond motifs is 1. The number of carbonyl (C=O) groups is 2. The molecule has 0 bridgehead atoms. The summed E-state index contributed by atoms with van der Waals surface area (Å²) in [5.74, 6) is 0.587. The number of carbonyl (C=O) groups excluding carboxylic acids is 2. The van der Waals surface area contributed by atoms with Gasteiger partial charge in [-0.2, -0.15) is 0 Å². The maximum Gasteiger partial charge on any atom is 0.262 e. The molecule has 2 aromatic rings. The van der Waals surface area contributed by atoms with Gasteiger partial charge in [0.15, 0.2) is 18.1 Å². The number of aryl methyl sites for hydroxylation is 2. The molecular formula is C19H19NO4. The molecule has 1 aliphatic carbocycles. The van der Waals surface area contributed by atoms with Crippen LogP contribution in [0, 0.1) is 0 Å². The third-order valence-electron chi connectivity index (χ3n) is 4.06. The van der Waals surface area contributed by atoms with Gasteiger partial charge in [0.2, 0.25) is 0 Å². The normalized spacial score (nSPS) is 12.4. The smallest absolute Gasteiger partial charge is 0.262 e. The summed E-state index contributed by atoms with van der Waals surface area (Å²) in [5, 5.41) is 2.83. The Morgan fingerprint density at radius 3 is 2.75 bits per heavy atom. The second-order valence-corrected chi connectivity index (χ2v) is 5.70. The number of methoxy groups -OCH3 is 1. The lowest BCUT2D eigenvalue weighted by atomic mass is 10.1. The van der Waals surface area contributed by atoms with Crippen LogP contribution in [0.25, 0.3) is 0 Å². The van der Waals surface area contributed by atoms with Crippen molar-refractivity contribution in [2.45, 2.75) is 19.3 Å². The summed E-state index contributed by atoms with van der Waals surface area (Å²) < 4.78 is 10.7. The standard InChI is InChI=1S/C19H19NO4/c1-23-17-8-5-13(11-21)9-18(17)24-12-19(22)20-16-7-6-14-3-2-4-15(14)10-16/h5-11H,2-4,12H2,1H3,(H,20,22). The largest absolute Gasteiger partial charge is 0.493 e. The van der Waals surface area contributed by atoms with Crippen molar-refractivity contribution in [1.82, 2.24) is 0 Å². The summed E-state index contributed by atoms with van der Waals surface area (Å²) in [6.07, 6.45) is 4.06. The van der Waals surface area contributed by atoms with Crippen molar-refractivity contribution in [3.8, 4) is 11.5 Å². The molecular weight excluding hydrogens is 306 g/mol. The molecule has 1 aliphatic rings. The van der Waals surface area contributed by atoms with E-state index < -0.39 is 0 Å². The lowest BCUT2D eigenvalue weighted by Crippen LogP contribution is -2.20. The van der Waals surface area contributed by atoms with Gasteiger partial charge >= 0.3 is 0 Å². The topological polar surface area (TPSA) is 64.6 Å². The molecule has 5 nitrogen and oxygen atoms in total. The van der Waals surface area contributed by atoms with Crippen LogP contribution in [0.2, 0.25) is 0 Å². The van der Waals surface area contributed by atoms with Gasteiger partial charge in [0.05, 0.1) is 7.11 Å². The minimum absolute atomic E-state index is 0.157. The maximum atomic E-state index is 12.1. The Labute approximate surface area is 140 Å². The van der Waals surface area contributed by atoms with E-state index in [1.165, 1.54) is 24.7 Å². The first kappa shape index (κ1) is 16.1. The second-order valence-electron chi connectivity index (χ2n) is 5.70. The van der Waals surface area contributed by atoms with E-state index in [2.05, 4.69) is 11.4 Å². The van der Waals surface area contributed by atoms with E-state index in [0.29, 0.717) is 17.1 Å². The van der Waals surface area contributed by atoms with Gasteiger partial charge < -0.3 is 14.8 Å². The van der Waals surface area contributed by atoms with E-state index in [9.17, 15) is 9.59 Å². The number of amides is 1. The first-order valence-corrected chi connectivity index (χ1v) is 7.87. The van der Waals surface area contributed by atoms with Gasteiger partial charge in [-0.1, -0.05) is 6.07 Å². The van der Waals surface area contributed by atoms with Gasteiger partial charge in [0, 0.05) is 11.3 Å². The first-order chi connectivity index (χ1) is 11.7. The Balaban J connectivity index is 1.62. The highest BCUT2D eigenvalue weighted by molar-refractivity contribution is 5.92. The maximum absolute atomic E-state index is 12.1. The van der Waals surface area contributed by atoms with Gasteiger partial charge in [-0.15, -0.1) is 0 Å². The van der Waals surface area contributed by atoms with Crippen molar-refractivity contribution in [2.24, 2.45) is 0 Å². The van der Waals surface area contributed by atoms with E-state index in [0.717, 1.165) is 24.8 Å². The average Bonchev–Trinajstić information content (AvgIpc) is 3.07. The van der Waals surface area contributed by atoms with Crippen LogP contribution in [-0.4, -0.2) is 25.9 Å². The van der Waals surface area contributed by atoms with Crippen molar-refractivity contribution in [1.29, 1.82) is 0 Å². The fourth-order valence-electron chi connectivity index (χ4n) is 2.87. The molecule has 0 unspecified atom stereocenters. The highest BCUT2D eigenvalue weighted by Gasteiger charge is 2.13. The van der Waals surface area contributed by atoms with Crippen LogP contribution in [-0.2, 0) is 17.6 Å². The summed E-state index contributed by atoms with van der Waals surface area (Å²) in [6, 6.07) is 10.8. The van der Waals surface area contributed by atoms with E-state index >= 15 is 0 Å². The number of benzene rings is 2. The zero-order valence-electron chi connectivity index (χ0n) is 13.5. The molecule has 0 aromatic heterocycles. The summed E-state index contributed by atoms with van der Waals surface area (Å²) in [4.78, 5) is 22.9. The van der Waals surface area contributed by atoms with Crippen molar-refractivity contribution >= 4 is 17.9 Å². The molecule has 5 heteroatoms. The lowest BCUT2D eigenvalue weighted by Gasteiger charge is -2.12. The van der Waals surface area contributed by atoms with Gasteiger partial charge in [0.25, 0.3) is 5.91 Å². The van der Waals surface area contributed by atoms with E-state index in [4.69, 9.17) is 9.47 Å². The Bertz CT molecular complexity index is 770. The fourth-order valence-corrected chi connectivity index (χ4v) is 2.87. The number of ether oxygens (including phenoxy) is 2. The molecule has 2 aromatic carbocycles. The van der Waals surface area contributed by atoms with Gasteiger partial charge in [0.1, 0.15) is 6.29 Å². The van der Waals surface area contributed by atoms with Crippen LogP contribution in [0.3, 0.4) is 0 Å². The molecule has 0 fully saturated rings. The van der Waals surface area contributed by atoms with E-state index in [1.54, 1.807) is 18.2 Å². The van der Waals surface area contributed by atoms with Crippen LogP contribution < -0.4 is 14.8 Å². The number of aldehydes is 1. The first-order valence-electron chi connectivity index (χ1n) is 7.87.